The number of hydrogen-bond acceptors (Lipinski definition) is 3. The quantitative estimate of drug-likeness (QED) is 0.678. The molecule has 1 atom stereocenters. The van der Waals surface area contributed by atoms with Gasteiger partial charge in [-0.1, -0.05) is 13.8 Å². The molecule has 0 aromatic heterocycles. The Morgan fingerprint density at radius 3 is 2.27 bits per heavy atom. The van der Waals surface area contributed by atoms with Gasteiger partial charge < -0.3 is 10.4 Å². The largest absolute Gasteiger partial charge is 0.391 e. The molecule has 0 saturated carbocycles. The van der Waals surface area contributed by atoms with E-state index in [0.717, 1.165) is 0 Å². The minimum atomic E-state index is -0.460. The molecule has 0 bridgehead atoms. The van der Waals surface area contributed by atoms with Crippen LogP contribution in [-0.4, -0.2) is 48.2 Å². The summed E-state index contributed by atoms with van der Waals surface area (Å²) in [5.41, 5.74) is 0. The van der Waals surface area contributed by atoms with Crippen molar-refractivity contribution in [3.8, 4) is 0 Å². The Morgan fingerprint density at radius 2 is 1.87 bits per heavy atom. The predicted molar refractivity (Wildman–Crippen MR) is 61.6 cm³/mol. The molecule has 0 aliphatic rings. The lowest BCUT2D eigenvalue weighted by Gasteiger charge is -2.21. The molecule has 2 N–H and O–H groups in total. The highest BCUT2D eigenvalue weighted by molar-refractivity contribution is 5.78. The minimum absolute atomic E-state index is 0.0362. The average Bonchev–Trinajstić information content (AvgIpc) is 2.13. The molecule has 0 rings (SSSR count). The summed E-state index contributed by atoms with van der Waals surface area (Å²) in [5, 5.41) is 12.2. The Hall–Kier alpha value is -0.610. The summed E-state index contributed by atoms with van der Waals surface area (Å²) in [6.45, 7) is 8.64. The third kappa shape index (κ3) is 6.47. The molecule has 0 aliphatic heterocycles. The van der Waals surface area contributed by atoms with Crippen molar-refractivity contribution in [1.29, 1.82) is 0 Å². The molecule has 4 heteroatoms. The number of likely N-dealkylation sites (N-methyl/N-ethyl adjacent to an activating group) is 1. The number of hydrogen-bond donors (Lipinski definition) is 2. The van der Waals surface area contributed by atoms with Crippen molar-refractivity contribution in [3.05, 3.63) is 0 Å². The molecule has 1 unspecified atom stereocenters. The fourth-order valence-electron chi connectivity index (χ4n) is 0.919. The lowest BCUT2D eigenvalue weighted by Crippen LogP contribution is -2.41. The van der Waals surface area contributed by atoms with Crippen LogP contribution in [0, 0.1) is 5.92 Å². The summed E-state index contributed by atoms with van der Waals surface area (Å²) < 4.78 is 0. The van der Waals surface area contributed by atoms with Crippen molar-refractivity contribution in [2.45, 2.75) is 39.8 Å². The van der Waals surface area contributed by atoms with Gasteiger partial charge in [-0.3, -0.25) is 9.69 Å². The number of nitrogens with one attached hydrogen (secondary N) is 1. The first-order chi connectivity index (χ1) is 6.84. The van der Waals surface area contributed by atoms with Gasteiger partial charge >= 0.3 is 0 Å². The average molecular weight is 216 g/mol. The molecule has 0 heterocycles. The highest BCUT2D eigenvalue weighted by atomic mass is 16.3. The monoisotopic (exact) mass is 216 g/mol. The maximum Gasteiger partial charge on any atom is 0.234 e. The summed E-state index contributed by atoms with van der Waals surface area (Å²) in [7, 11) is 1.91. The van der Waals surface area contributed by atoms with Crippen LogP contribution in [0.25, 0.3) is 0 Å². The number of carbonyl (C=O) groups excluding carboxylic acids is 1. The third-order valence-electron chi connectivity index (χ3n) is 2.55. The lowest BCUT2D eigenvalue weighted by molar-refractivity contribution is -0.122. The van der Waals surface area contributed by atoms with Gasteiger partial charge in [-0.15, -0.1) is 0 Å². The molecule has 90 valence electrons. The highest BCUT2D eigenvalue weighted by Crippen LogP contribution is 1.99. The van der Waals surface area contributed by atoms with Crippen LogP contribution >= 0.6 is 0 Å². The molecule has 4 nitrogen and oxygen atoms in total. The number of rotatable bonds is 6. The van der Waals surface area contributed by atoms with E-state index in [1.165, 1.54) is 0 Å². The van der Waals surface area contributed by atoms with Gasteiger partial charge in [0.15, 0.2) is 0 Å². The Labute approximate surface area is 92.7 Å². The maximum atomic E-state index is 11.4. The van der Waals surface area contributed by atoms with Gasteiger partial charge in [-0.05, 0) is 26.8 Å². The van der Waals surface area contributed by atoms with E-state index in [0.29, 0.717) is 19.1 Å². The van der Waals surface area contributed by atoms with Crippen LogP contribution < -0.4 is 5.32 Å². The summed E-state index contributed by atoms with van der Waals surface area (Å²) in [6, 6.07) is 0.353. The van der Waals surface area contributed by atoms with Crippen molar-refractivity contribution in [1.82, 2.24) is 10.2 Å². The molecule has 0 saturated heterocycles. The molecule has 0 radical (unpaired) electrons. The van der Waals surface area contributed by atoms with Crippen LogP contribution in [0.4, 0.5) is 0 Å². The molecule has 1 amide bonds. The second-order valence-electron chi connectivity index (χ2n) is 4.62. The number of carbonyl (C=O) groups is 1. The van der Waals surface area contributed by atoms with E-state index in [-0.39, 0.29) is 11.8 Å². The molecule has 15 heavy (non-hydrogen) atoms. The predicted octanol–water partition coefficient (Wildman–Crippen LogP) is 0.460. The van der Waals surface area contributed by atoms with Crippen LogP contribution in [0.1, 0.15) is 27.7 Å². The van der Waals surface area contributed by atoms with Crippen molar-refractivity contribution in [2.75, 3.05) is 20.1 Å². The van der Waals surface area contributed by atoms with Crippen LogP contribution in [0.15, 0.2) is 0 Å². The summed E-state index contributed by atoms with van der Waals surface area (Å²) in [4.78, 5) is 13.4. The minimum Gasteiger partial charge on any atom is -0.391 e. The van der Waals surface area contributed by atoms with Crippen LogP contribution in [0.2, 0.25) is 0 Å². The Kier molecular flexibility index (Phi) is 6.52. The van der Waals surface area contributed by atoms with Gasteiger partial charge in [-0.2, -0.15) is 0 Å². The number of aliphatic hydroxyl groups excluding tert-OH is 1. The van der Waals surface area contributed by atoms with Gasteiger partial charge in [-0.25, -0.2) is 0 Å². The fraction of sp³-hybridized carbons (Fsp3) is 0.909. The van der Waals surface area contributed by atoms with E-state index in [1.54, 1.807) is 0 Å². The van der Waals surface area contributed by atoms with Gasteiger partial charge in [0.1, 0.15) is 0 Å². The van der Waals surface area contributed by atoms with Gasteiger partial charge in [0, 0.05) is 12.6 Å². The first-order valence-electron chi connectivity index (χ1n) is 5.49. The Bertz CT molecular complexity index is 193. The maximum absolute atomic E-state index is 11.4. The SMILES string of the molecule is CC(C)C(O)CNC(=O)CN(C)C(C)C. The number of nitrogens with zero attached hydrogens (tertiary/aromatic N) is 1. The first kappa shape index (κ1) is 14.4. The first-order valence-corrected chi connectivity index (χ1v) is 5.49. The topological polar surface area (TPSA) is 52.6 Å². The van der Waals surface area contributed by atoms with Crippen molar-refractivity contribution in [3.63, 3.8) is 0 Å². The normalized spacial score (nSPS) is 13.7. The second kappa shape index (κ2) is 6.80. The Balaban J connectivity index is 3.76. The molecular weight excluding hydrogens is 192 g/mol. The molecule has 0 aliphatic carbocycles. The van der Waals surface area contributed by atoms with Crippen LogP contribution in [0.3, 0.4) is 0 Å². The van der Waals surface area contributed by atoms with E-state index in [1.807, 2.05) is 39.6 Å². The molecule has 0 aromatic carbocycles. The van der Waals surface area contributed by atoms with Gasteiger partial charge in [0.05, 0.1) is 12.6 Å². The smallest absolute Gasteiger partial charge is 0.234 e. The molecular formula is C11H24N2O2. The highest BCUT2D eigenvalue weighted by Gasteiger charge is 2.12. The number of aliphatic hydroxyl groups is 1. The summed E-state index contributed by atoms with van der Waals surface area (Å²) >= 11 is 0. The van der Waals surface area contributed by atoms with Crippen LogP contribution in [0.5, 0.6) is 0 Å². The zero-order valence-electron chi connectivity index (χ0n) is 10.4. The van der Waals surface area contributed by atoms with E-state index >= 15 is 0 Å². The van der Waals surface area contributed by atoms with Crippen molar-refractivity contribution >= 4 is 5.91 Å². The second-order valence-corrected chi connectivity index (χ2v) is 4.62. The summed E-state index contributed by atoms with van der Waals surface area (Å²) in [5.74, 6) is 0.138. The third-order valence-corrected chi connectivity index (χ3v) is 2.55. The van der Waals surface area contributed by atoms with E-state index < -0.39 is 6.10 Å². The zero-order chi connectivity index (χ0) is 12.0. The van der Waals surface area contributed by atoms with Crippen LogP contribution in [-0.2, 0) is 4.79 Å². The summed E-state index contributed by atoms with van der Waals surface area (Å²) in [6.07, 6.45) is -0.460. The Morgan fingerprint density at radius 1 is 1.33 bits per heavy atom. The standard InChI is InChI=1S/C11H24N2O2/c1-8(2)10(14)6-12-11(15)7-13(5)9(3)4/h8-10,14H,6-7H2,1-5H3,(H,12,15). The fourth-order valence-corrected chi connectivity index (χ4v) is 0.919. The molecule has 0 fully saturated rings. The zero-order valence-corrected chi connectivity index (χ0v) is 10.4. The van der Waals surface area contributed by atoms with Crippen molar-refractivity contribution < 1.29 is 9.90 Å². The van der Waals surface area contributed by atoms with E-state index in [9.17, 15) is 9.90 Å². The lowest BCUT2D eigenvalue weighted by atomic mass is 10.1. The number of amides is 1. The molecule has 0 spiro atoms. The molecule has 0 aromatic rings. The van der Waals surface area contributed by atoms with Gasteiger partial charge in [0.25, 0.3) is 0 Å². The van der Waals surface area contributed by atoms with Crippen molar-refractivity contribution in [2.24, 2.45) is 5.92 Å². The van der Waals surface area contributed by atoms with Gasteiger partial charge in [0.2, 0.25) is 5.91 Å². The van der Waals surface area contributed by atoms with E-state index in [4.69, 9.17) is 0 Å². The van der Waals surface area contributed by atoms with E-state index in [2.05, 4.69) is 5.32 Å².